The van der Waals surface area contributed by atoms with Crippen molar-refractivity contribution >= 4 is 65.5 Å². The summed E-state index contributed by atoms with van der Waals surface area (Å²) >= 11 is 0. The third kappa shape index (κ3) is 13.5. The molecule has 1 aliphatic rings. The Morgan fingerprint density at radius 1 is 0.341 bits per heavy atom. The number of carbonyl (C=O) groups excluding carboxylic acids is 11. The van der Waals surface area contributed by atoms with E-state index < -0.39 is 112 Å². The monoisotopic (exact) mass is 1110 g/mol. The SMILES string of the molecule is CC(=O)Oc1ccccc1C(=O)Oc1cc(OC(=O)c2ccccc2OC(C)=O)c2c(c1)OC(c1ccc(OC(=O)c3ccccc3OC(C)=O)c(OC(=O)c3ccccc3OC(C)=O)c1)C(OC(=O)c1ccccc1OC(C)=O)C2=O. The highest BCUT2D eigenvalue weighted by Gasteiger charge is 2.45. The van der Waals surface area contributed by atoms with E-state index in [0.29, 0.717) is 0 Å². The minimum absolute atomic E-state index is 0.187. The van der Waals surface area contributed by atoms with Crippen LogP contribution in [0.3, 0.4) is 0 Å². The second kappa shape index (κ2) is 25.0. The zero-order valence-corrected chi connectivity index (χ0v) is 43.6. The normalized spacial score (nSPS) is 13.1. The van der Waals surface area contributed by atoms with Crippen molar-refractivity contribution in [3.05, 3.63) is 191 Å². The Balaban J connectivity index is 1.30. The average Bonchev–Trinajstić information content (AvgIpc) is 2.09. The first-order chi connectivity index (χ1) is 39.2. The van der Waals surface area contributed by atoms with Crippen molar-refractivity contribution < 1.29 is 105 Å². The van der Waals surface area contributed by atoms with Gasteiger partial charge in [0.05, 0.1) is 0 Å². The van der Waals surface area contributed by atoms with Gasteiger partial charge in [-0.15, -0.1) is 0 Å². The lowest BCUT2D eigenvalue weighted by Gasteiger charge is -2.33. The molecule has 0 bridgehead atoms. The Labute approximate surface area is 463 Å². The first-order valence-electron chi connectivity index (χ1n) is 24.2. The van der Waals surface area contributed by atoms with Crippen LogP contribution in [0.5, 0.6) is 57.5 Å². The molecule has 0 amide bonds. The van der Waals surface area contributed by atoms with E-state index in [9.17, 15) is 47.9 Å². The van der Waals surface area contributed by atoms with Crippen molar-refractivity contribution in [1.29, 1.82) is 0 Å². The minimum Gasteiger partial charge on any atom is -0.480 e. The zero-order valence-electron chi connectivity index (χ0n) is 43.6. The van der Waals surface area contributed by atoms with Crippen molar-refractivity contribution in [2.45, 2.75) is 46.8 Å². The molecular formula is C60H42O22. The van der Waals surface area contributed by atoms with E-state index in [2.05, 4.69) is 0 Å². The van der Waals surface area contributed by atoms with E-state index in [-0.39, 0.29) is 62.1 Å². The molecule has 414 valence electrons. The molecule has 0 aromatic heterocycles. The lowest BCUT2D eigenvalue weighted by molar-refractivity contribution is -0.132. The largest absolute Gasteiger partial charge is 0.480 e. The lowest BCUT2D eigenvalue weighted by Crippen LogP contribution is -2.40. The molecule has 0 aliphatic carbocycles. The molecule has 0 radical (unpaired) electrons. The summed E-state index contributed by atoms with van der Waals surface area (Å²) in [7, 11) is 0. The molecule has 0 saturated heterocycles. The summed E-state index contributed by atoms with van der Waals surface area (Å²) in [5.41, 5.74) is -2.29. The predicted octanol–water partition coefficient (Wildman–Crippen LogP) is 8.73. The molecule has 22 heteroatoms. The fourth-order valence-corrected chi connectivity index (χ4v) is 7.94. The summed E-state index contributed by atoms with van der Waals surface area (Å²) in [6, 6.07) is 32.6. The molecule has 82 heavy (non-hydrogen) atoms. The molecule has 7 aromatic carbocycles. The molecular weight excluding hydrogens is 1070 g/mol. The Kier molecular flexibility index (Phi) is 17.4. The highest BCUT2D eigenvalue weighted by atomic mass is 16.6. The highest BCUT2D eigenvalue weighted by molar-refractivity contribution is 6.09. The lowest BCUT2D eigenvalue weighted by atomic mass is 9.92. The molecule has 2 atom stereocenters. The summed E-state index contributed by atoms with van der Waals surface area (Å²) in [4.78, 5) is 146. The molecule has 1 aliphatic heterocycles. The van der Waals surface area contributed by atoms with E-state index in [1.165, 1.54) is 127 Å². The van der Waals surface area contributed by atoms with E-state index in [0.717, 1.165) is 58.9 Å². The molecule has 2 unspecified atom stereocenters. The number of Topliss-reactive ketones (excluding diaryl/α,β-unsaturated/α-hetero) is 1. The van der Waals surface area contributed by atoms with E-state index in [1.807, 2.05) is 0 Å². The Morgan fingerprint density at radius 3 is 1.07 bits per heavy atom. The van der Waals surface area contributed by atoms with E-state index in [4.69, 9.17) is 52.1 Å². The second-order valence-electron chi connectivity index (χ2n) is 17.2. The van der Waals surface area contributed by atoms with E-state index >= 15 is 4.79 Å². The topological polar surface area (TPSA) is 289 Å². The van der Waals surface area contributed by atoms with Gasteiger partial charge in [0, 0.05) is 52.3 Å². The second-order valence-corrected chi connectivity index (χ2v) is 17.2. The molecule has 0 saturated carbocycles. The first kappa shape index (κ1) is 56.9. The Bertz CT molecular complexity index is 3780. The fourth-order valence-electron chi connectivity index (χ4n) is 7.94. The maximum absolute atomic E-state index is 15.4. The van der Waals surface area contributed by atoms with Crippen LogP contribution in [0.1, 0.15) is 108 Å². The zero-order chi connectivity index (χ0) is 58.8. The molecule has 1 heterocycles. The van der Waals surface area contributed by atoms with Crippen LogP contribution in [-0.4, -0.2) is 71.6 Å². The van der Waals surface area contributed by atoms with Crippen LogP contribution < -0.4 is 47.4 Å². The molecule has 7 aromatic rings. The standard InChI is InChI=1S/C60H42O22/c1-31(61)72-43-21-11-6-16-38(43)56(67)77-37-29-50-52(51(30-37)81-59(70)41-19-9-14-24-46(41)75-34(4)64)53(66)55(82-60(71)42-20-10-15-25-47(42)76-35(5)65)54(78-50)36-26-27-48(79-57(68)39-17-7-12-22-44(39)73-32(2)62)49(28-36)80-58(69)40-18-8-13-23-45(40)74-33(3)63/h6-30,54-55H,1-5H3. The summed E-state index contributed by atoms with van der Waals surface area (Å²) in [6.07, 6.45) is -4.02. The summed E-state index contributed by atoms with van der Waals surface area (Å²) in [5, 5.41) is 0. The van der Waals surface area contributed by atoms with E-state index in [1.54, 1.807) is 0 Å². The van der Waals surface area contributed by atoms with Gasteiger partial charge in [0.25, 0.3) is 0 Å². The smallest absolute Gasteiger partial charge is 0.347 e. The molecule has 0 N–H and O–H groups in total. The highest BCUT2D eigenvalue weighted by Crippen LogP contribution is 2.46. The van der Waals surface area contributed by atoms with Crippen LogP contribution in [-0.2, 0) is 28.7 Å². The number of ether oxygens (including phenoxy) is 11. The van der Waals surface area contributed by atoms with Gasteiger partial charge in [0.15, 0.2) is 17.6 Å². The number of carbonyl (C=O) groups is 11. The maximum atomic E-state index is 15.4. The average molecular weight is 1110 g/mol. The first-order valence-corrected chi connectivity index (χ1v) is 24.2. The van der Waals surface area contributed by atoms with Crippen LogP contribution in [0.15, 0.2) is 152 Å². The number of fused-ring (bicyclic) bond motifs is 1. The van der Waals surface area contributed by atoms with Gasteiger partial charge in [-0.3, -0.25) is 28.8 Å². The molecule has 22 nitrogen and oxygen atoms in total. The molecule has 0 spiro atoms. The van der Waals surface area contributed by atoms with Crippen LogP contribution in [0.4, 0.5) is 0 Å². The van der Waals surface area contributed by atoms with Crippen molar-refractivity contribution in [2.75, 3.05) is 0 Å². The van der Waals surface area contributed by atoms with Gasteiger partial charge in [-0.2, -0.15) is 0 Å². The maximum Gasteiger partial charge on any atom is 0.347 e. The predicted molar refractivity (Wildman–Crippen MR) is 278 cm³/mol. The third-order valence-electron chi connectivity index (χ3n) is 11.2. The Morgan fingerprint density at radius 2 is 0.683 bits per heavy atom. The fraction of sp³-hybridized carbons (Fsp3) is 0.117. The number of ketones is 1. The summed E-state index contributed by atoms with van der Waals surface area (Å²) in [6.45, 7) is 5.45. The van der Waals surface area contributed by atoms with Gasteiger partial charge in [-0.1, -0.05) is 66.7 Å². The number of hydrogen-bond acceptors (Lipinski definition) is 22. The van der Waals surface area contributed by atoms with Crippen molar-refractivity contribution in [2.24, 2.45) is 0 Å². The molecule has 8 rings (SSSR count). The number of hydrogen-bond donors (Lipinski definition) is 0. The third-order valence-corrected chi connectivity index (χ3v) is 11.2. The number of para-hydroxylation sites is 5. The van der Waals surface area contributed by atoms with Crippen molar-refractivity contribution in [1.82, 2.24) is 0 Å². The summed E-state index contributed by atoms with van der Waals surface area (Å²) < 4.78 is 61.9. The van der Waals surface area contributed by atoms with Gasteiger partial charge in [0.1, 0.15) is 79.4 Å². The number of benzene rings is 7. The molecule has 0 fully saturated rings. The van der Waals surface area contributed by atoms with Crippen LogP contribution in [0, 0.1) is 0 Å². The van der Waals surface area contributed by atoms with Gasteiger partial charge >= 0.3 is 59.7 Å². The summed E-state index contributed by atoms with van der Waals surface area (Å²) in [5.74, 6) is -15.0. The van der Waals surface area contributed by atoms with Gasteiger partial charge < -0.3 is 52.1 Å². The van der Waals surface area contributed by atoms with Gasteiger partial charge in [-0.05, 0) is 72.8 Å². The Hall–Kier alpha value is -11.3. The number of esters is 10. The van der Waals surface area contributed by atoms with Crippen molar-refractivity contribution in [3.8, 4) is 57.5 Å². The van der Waals surface area contributed by atoms with Crippen LogP contribution in [0.25, 0.3) is 0 Å². The van der Waals surface area contributed by atoms with Crippen molar-refractivity contribution in [3.63, 3.8) is 0 Å². The van der Waals surface area contributed by atoms with Crippen LogP contribution >= 0.6 is 0 Å². The van der Waals surface area contributed by atoms with Gasteiger partial charge in [-0.25, -0.2) is 24.0 Å². The van der Waals surface area contributed by atoms with Gasteiger partial charge in [0.2, 0.25) is 11.9 Å². The quantitative estimate of drug-likeness (QED) is 0.0645. The van der Waals surface area contributed by atoms with Crippen LogP contribution in [0.2, 0.25) is 0 Å². The minimum atomic E-state index is -2.16. The number of rotatable bonds is 16.